The van der Waals surface area contributed by atoms with Crippen LogP contribution in [-0.4, -0.2) is 73.8 Å². The van der Waals surface area contributed by atoms with E-state index in [0.29, 0.717) is 6.61 Å². The first-order valence-corrected chi connectivity index (χ1v) is 7.85. The molecular formula is C12H23N3O2S. The van der Waals surface area contributed by atoms with Crippen molar-refractivity contribution in [2.45, 2.75) is 19.1 Å². The molecule has 0 saturated carbocycles. The van der Waals surface area contributed by atoms with E-state index in [1.807, 2.05) is 18.7 Å². The van der Waals surface area contributed by atoms with Gasteiger partial charge in [0, 0.05) is 44.2 Å². The Bertz CT molecular complexity index is 272. The summed E-state index contributed by atoms with van der Waals surface area (Å²) < 4.78 is 5.47. The molecule has 104 valence electrons. The molecule has 5 nitrogen and oxygen atoms in total. The third kappa shape index (κ3) is 4.12. The summed E-state index contributed by atoms with van der Waals surface area (Å²) in [6, 6.07) is -0.198. The number of carbonyl (C=O) groups is 1. The first kappa shape index (κ1) is 14.1. The quantitative estimate of drug-likeness (QED) is 0.725. The van der Waals surface area contributed by atoms with Gasteiger partial charge in [0.25, 0.3) is 0 Å². The van der Waals surface area contributed by atoms with Crippen molar-refractivity contribution < 1.29 is 9.53 Å². The number of amides is 1. The van der Waals surface area contributed by atoms with Crippen molar-refractivity contribution in [2.75, 3.05) is 50.8 Å². The number of thioether (sulfide) groups is 1. The number of hydrogen-bond acceptors (Lipinski definition) is 5. The summed E-state index contributed by atoms with van der Waals surface area (Å²) in [6.07, 6.45) is -0.0369. The topological polar surface area (TPSA) is 53.6 Å². The SMILES string of the molecule is C[C@H]1OCCN[C@@H]1C(=O)NCCN1CCSCC1. The minimum atomic E-state index is -0.198. The van der Waals surface area contributed by atoms with Gasteiger partial charge in [0.15, 0.2) is 0 Å². The molecule has 0 aliphatic carbocycles. The van der Waals surface area contributed by atoms with Crippen molar-refractivity contribution in [2.24, 2.45) is 0 Å². The molecule has 0 aromatic heterocycles. The van der Waals surface area contributed by atoms with Gasteiger partial charge in [0.1, 0.15) is 6.04 Å². The number of carbonyl (C=O) groups excluding carboxylic acids is 1. The Balaban J connectivity index is 1.64. The molecule has 2 atom stereocenters. The van der Waals surface area contributed by atoms with E-state index in [1.165, 1.54) is 11.5 Å². The Morgan fingerprint density at radius 3 is 3.00 bits per heavy atom. The molecule has 1 amide bonds. The molecule has 0 aromatic rings. The molecule has 2 fully saturated rings. The normalized spacial score (nSPS) is 30.1. The number of hydrogen-bond donors (Lipinski definition) is 2. The van der Waals surface area contributed by atoms with Gasteiger partial charge in [-0.2, -0.15) is 11.8 Å². The van der Waals surface area contributed by atoms with E-state index in [9.17, 15) is 4.79 Å². The lowest BCUT2D eigenvalue weighted by atomic mass is 10.1. The molecule has 2 aliphatic rings. The Kier molecular flexibility index (Phi) is 5.75. The minimum Gasteiger partial charge on any atom is -0.375 e. The first-order chi connectivity index (χ1) is 8.77. The summed E-state index contributed by atoms with van der Waals surface area (Å²) >= 11 is 2.01. The zero-order chi connectivity index (χ0) is 12.8. The molecule has 0 unspecified atom stereocenters. The van der Waals surface area contributed by atoms with Crippen molar-refractivity contribution in [3.63, 3.8) is 0 Å². The monoisotopic (exact) mass is 273 g/mol. The van der Waals surface area contributed by atoms with Crippen LogP contribution in [0, 0.1) is 0 Å². The minimum absolute atomic E-state index is 0.0369. The van der Waals surface area contributed by atoms with E-state index in [2.05, 4.69) is 15.5 Å². The highest BCUT2D eigenvalue weighted by molar-refractivity contribution is 7.99. The van der Waals surface area contributed by atoms with Gasteiger partial charge in [0.05, 0.1) is 12.7 Å². The number of nitrogens with one attached hydrogen (secondary N) is 2. The highest BCUT2D eigenvalue weighted by atomic mass is 32.2. The van der Waals surface area contributed by atoms with Crippen LogP contribution in [0.25, 0.3) is 0 Å². The second-order valence-corrected chi connectivity index (χ2v) is 5.98. The molecule has 2 aliphatic heterocycles. The van der Waals surface area contributed by atoms with Crippen molar-refractivity contribution in [1.82, 2.24) is 15.5 Å². The summed E-state index contributed by atoms with van der Waals surface area (Å²) in [4.78, 5) is 14.4. The van der Waals surface area contributed by atoms with Gasteiger partial charge < -0.3 is 15.4 Å². The van der Waals surface area contributed by atoms with Crippen LogP contribution < -0.4 is 10.6 Å². The summed E-state index contributed by atoms with van der Waals surface area (Å²) in [5.41, 5.74) is 0. The lowest BCUT2D eigenvalue weighted by Crippen LogP contribution is -2.56. The molecule has 2 saturated heterocycles. The third-order valence-electron chi connectivity index (χ3n) is 3.43. The Hall–Kier alpha value is -0.300. The molecule has 0 aromatic carbocycles. The lowest BCUT2D eigenvalue weighted by molar-refractivity contribution is -0.128. The number of nitrogens with zero attached hydrogens (tertiary/aromatic N) is 1. The molecule has 0 radical (unpaired) electrons. The van der Waals surface area contributed by atoms with E-state index < -0.39 is 0 Å². The van der Waals surface area contributed by atoms with Crippen LogP contribution in [0.5, 0.6) is 0 Å². The third-order valence-corrected chi connectivity index (χ3v) is 4.37. The highest BCUT2D eigenvalue weighted by Crippen LogP contribution is 2.08. The maximum absolute atomic E-state index is 12.0. The summed E-state index contributed by atoms with van der Waals surface area (Å²) in [5.74, 6) is 2.49. The Morgan fingerprint density at radius 2 is 2.28 bits per heavy atom. The van der Waals surface area contributed by atoms with Crippen molar-refractivity contribution in [3.05, 3.63) is 0 Å². The fourth-order valence-corrected chi connectivity index (χ4v) is 3.28. The smallest absolute Gasteiger partial charge is 0.239 e. The van der Waals surface area contributed by atoms with Crippen LogP contribution in [0.4, 0.5) is 0 Å². The van der Waals surface area contributed by atoms with Crippen LogP contribution in [0.2, 0.25) is 0 Å². The van der Waals surface area contributed by atoms with E-state index in [1.54, 1.807) is 0 Å². The van der Waals surface area contributed by atoms with Crippen LogP contribution >= 0.6 is 11.8 Å². The van der Waals surface area contributed by atoms with Crippen LogP contribution in [-0.2, 0) is 9.53 Å². The van der Waals surface area contributed by atoms with E-state index in [-0.39, 0.29) is 18.1 Å². The fourth-order valence-electron chi connectivity index (χ4n) is 2.30. The van der Waals surface area contributed by atoms with E-state index >= 15 is 0 Å². The summed E-state index contributed by atoms with van der Waals surface area (Å²) in [5, 5.41) is 6.20. The van der Waals surface area contributed by atoms with Gasteiger partial charge >= 0.3 is 0 Å². The molecule has 0 spiro atoms. The molecule has 6 heteroatoms. The number of morpholine rings is 1. The molecular weight excluding hydrogens is 250 g/mol. The second-order valence-electron chi connectivity index (χ2n) is 4.75. The zero-order valence-electron chi connectivity index (χ0n) is 11.0. The Labute approximate surface area is 113 Å². The van der Waals surface area contributed by atoms with Gasteiger partial charge in [-0.25, -0.2) is 0 Å². The average Bonchev–Trinajstić information content (AvgIpc) is 2.40. The van der Waals surface area contributed by atoms with Crippen LogP contribution in [0.1, 0.15) is 6.92 Å². The summed E-state index contributed by atoms with van der Waals surface area (Å²) in [7, 11) is 0. The lowest BCUT2D eigenvalue weighted by Gasteiger charge is -2.30. The van der Waals surface area contributed by atoms with Crippen molar-refractivity contribution in [1.29, 1.82) is 0 Å². The second kappa shape index (κ2) is 7.33. The molecule has 2 rings (SSSR count). The number of rotatable bonds is 4. The predicted molar refractivity (Wildman–Crippen MR) is 74.0 cm³/mol. The standard InChI is InChI=1S/C12H23N3O2S/c1-10-11(13-3-7-17-10)12(16)14-2-4-15-5-8-18-9-6-15/h10-11,13H,2-9H2,1H3,(H,14,16)/t10-,11+/m1/s1. The first-order valence-electron chi connectivity index (χ1n) is 6.70. The molecule has 0 bridgehead atoms. The predicted octanol–water partition coefficient (Wildman–Crippen LogP) is -0.472. The maximum Gasteiger partial charge on any atom is 0.239 e. The molecule has 18 heavy (non-hydrogen) atoms. The zero-order valence-corrected chi connectivity index (χ0v) is 11.8. The van der Waals surface area contributed by atoms with Crippen LogP contribution in [0.3, 0.4) is 0 Å². The van der Waals surface area contributed by atoms with Gasteiger partial charge in [-0.05, 0) is 6.92 Å². The van der Waals surface area contributed by atoms with Gasteiger partial charge in [-0.15, -0.1) is 0 Å². The van der Waals surface area contributed by atoms with Crippen molar-refractivity contribution >= 4 is 17.7 Å². The maximum atomic E-state index is 12.0. The molecule has 2 heterocycles. The number of ether oxygens (including phenoxy) is 1. The largest absolute Gasteiger partial charge is 0.375 e. The van der Waals surface area contributed by atoms with Crippen LogP contribution in [0.15, 0.2) is 0 Å². The Morgan fingerprint density at radius 1 is 1.50 bits per heavy atom. The van der Waals surface area contributed by atoms with Gasteiger partial charge in [-0.3, -0.25) is 9.69 Å². The van der Waals surface area contributed by atoms with E-state index in [4.69, 9.17) is 4.74 Å². The highest BCUT2D eigenvalue weighted by Gasteiger charge is 2.27. The fraction of sp³-hybridized carbons (Fsp3) is 0.917. The summed E-state index contributed by atoms with van der Waals surface area (Å²) in [6.45, 7) is 7.35. The van der Waals surface area contributed by atoms with E-state index in [0.717, 1.165) is 32.7 Å². The molecule has 2 N–H and O–H groups in total. The van der Waals surface area contributed by atoms with Gasteiger partial charge in [-0.1, -0.05) is 0 Å². The van der Waals surface area contributed by atoms with Crippen molar-refractivity contribution in [3.8, 4) is 0 Å². The average molecular weight is 273 g/mol. The van der Waals surface area contributed by atoms with Gasteiger partial charge in [0.2, 0.25) is 5.91 Å².